The molecule has 0 N–H and O–H groups in total. The highest BCUT2D eigenvalue weighted by molar-refractivity contribution is 5.75. The molecule has 2 fully saturated rings. The summed E-state index contributed by atoms with van der Waals surface area (Å²) in [6, 6.07) is 7.74. The predicted molar refractivity (Wildman–Crippen MR) is 90.1 cm³/mol. The van der Waals surface area contributed by atoms with Crippen molar-refractivity contribution in [3.05, 3.63) is 30.1 Å². The largest absolute Gasteiger partial charge is 0.320 e. The fourth-order valence-corrected chi connectivity index (χ4v) is 4.20. The van der Waals surface area contributed by atoms with E-state index >= 15 is 0 Å². The lowest BCUT2D eigenvalue weighted by Gasteiger charge is -2.37. The van der Waals surface area contributed by atoms with Crippen molar-refractivity contribution in [3.8, 4) is 0 Å². The number of piperidine rings is 1. The first kappa shape index (κ1) is 16.0. The molecule has 0 saturated carbocycles. The number of alkyl halides is 2. The van der Waals surface area contributed by atoms with E-state index in [4.69, 9.17) is 0 Å². The maximum atomic E-state index is 13.6. The van der Waals surface area contributed by atoms with Gasteiger partial charge in [-0.15, -0.1) is 0 Å². The molecule has 0 radical (unpaired) electrons. The Morgan fingerprint density at radius 3 is 2.67 bits per heavy atom. The predicted octanol–water partition coefficient (Wildman–Crippen LogP) is 3.49. The highest BCUT2D eigenvalue weighted by Crippen LogP contribution is 2.26. The molecule has 2 saturated heterocycles. The summed E-state index contributed by atoms with van der Waals surface area (Å²) in [4.78, 5) is 9.35. The lowest BCUT2D eigenvalue weighted by molar-refractivity contribution is 0.0635. The number of rotatable bonds is 4. The van der Waals surface area contributed by atoms with Crippen molar-refractivity contribution < 1.29 is 8.78 Å². The van der Waals surface area contributed by atoms with Crippen LogP contribution in [0.3, 0.4) is 0 Å². The molecule has 3 heterocycles. The molecule has 0 aliphatic carbocycles. The molecular formula is C18H24F2N4. The lowest BCUT2D eigenvalue weighted by Crippen LogP contribution is -2.46. The Balaban J connectivity index is 1.54. The molecule has 2 aromatic rings. The second kappa shape index (κ2) is 6.76. The molecule has 0 bridgehead atoms. The van der Waals surface area contributed by atoms with E-state index in [9.17, 15) is 8.78 Å². The van der Waals surface area contributed by atoms with Gasteiger partial charge in [0.05, 0.1) is 17.6 Å². The lowest BCUT2D eigenvalue weighted by atomic mass is 10.0. The Bertz CT molecular complexity index is 693. The highest BCUT2D eigenvalue weighted by Gasteiger charge is 2.28. The molecular weight excluding hydrogens is 310 g/mol. The van der Waals surface area contributed by atoms with Gasteiger partial charge in [0, 0.05) is 12.6 Å². The average molecular weight is 334 g/mol. The standard InChI is InChI=1S/C18H24F2N4/c19-18(20)24-16-8-2-1-7-15(16)21-17(24)13-22-9-5-6-14(12-22)23-10-3-4-11-23/h1-2,7-8,14,18H,3-6,9-13H2. The minimum atomic E-state index is -2.55. The van der Waals surface area contributed by atoms with Crippen LogP contribution in [0.25, 0.3) is 11.0 Å². The smallest absolute Gasteiger partial charge is 0.299 e. The third-order valence-electron chi connectivity index (χ3n) is 5.37. The summed E-state index contributed by atoms with van der Waals surface area (Å²) in [7, 11) is 0. The van der Waals surface area contributed by atoms with Gasteiger partial charge in [0.2, 0.25) is 0 Å². The van der Waals surface area contributed by atoms with Crippen LogP contribution in [0.1, 0.15) is 38.1 Å². The maximum absolute atomic E-state index is 13.6. The first-order chi connectivity index (χ1) is 11.7. The van der Waals surface area contributed by atoms with Crippen molar-refractivity contribution in [2.24, 2.45) is 0 Å². The van der Waals surface area contributed by atoms with E-state index < -0.39 is 6.55 Å². The van der Waals surface area contributed by atoms with Gasteiger partial charge in [0.25, 0.3) is 0 Å². The number of fused-ring (bicyclic) bond motifs is 1. The number of imidazole rings is 1. The SMILES string of the molecule is FC(F)n1c(CN2CCCC(N3CCCC3)C2)nc2ccccc21. The highest BCUT2D eigenvalue weighted by atomic mass is 19.3. The van der Waals surface area contributed by atoms with Crippen LogP contribution in [0, 0.1) is 0 Å². The Kier molecular flexibility index (Phi) is 4.50. The van der Waals surface area contributed by atoms with E-state index in [-0.39, 0.29) is 0 Å². The van der Waals surface area contributed by atoms with Crippen LogP contribution >= 0.6 is 0 Å². The van der Waals surface area contributed by atoms with Crippen LogP contribution in [0.2, 0.25) is 0 Å². The molecule has 1 atom stereocenters. The van der Waals surface area contributed by atoms with E-state index in [2.05, 4.69) is 14.8 Å². The second-order valence-corrected chi connectivity index (χ2v) is 6.94. The van der Waals surface area contributed by atoms with E-state index in [1.165, 1.54) is 32.4 Å². The number of hydrogen-bond acceptors (Lipinski definition) is 3. The first-order valence-corrected chi connectivity index (χ1v) is 8.93. The van der Waals surface area contributed by atoms with Crippen molar-refractivity contribution in [1.82, 2.24) is 19.4 Å². The monoisotopic (exact) mass is 334 g/mol. The maximum Gasteiger partial charge on any atom is 0.320 e. The molecule has 24 heavy (non-hydrogen) atoms. The Morgan fingerprint density at radius 1 is 1.08 bits per heavy atom. The molecule has 2 aliphatic heterocycles. The van der Waals surface area contributed by atoms with Gasteiger partial charge in [0.1, 0.15) is 5.82 Å². The molecule has 1 aromatic carbocycles. The zero-order valence-corrected chi connectivity index (χ0v) is 13.9. The number of nitrogens with zero attached hydrogens (tertiary/aromatic N) is 4. The molecule has 130 valence electrons. The van der Waals surface area contributed by atoms with Gasteiger partial charge in [-0.2, -0.15) is 8.78 Å². The normalized spacial score (nSPS) is 23.5. The molecule has 0 amide bonds. The molecule has 4 rings (SSSR count). The van der Waals surface area contributed by atoms with Gasteiger partial charge < -0.3 is 0 Å². The zero-order chi connectivity index (χ0) is 16.5. The summed E-state index contributed by atoms with van der Waals surface area (Å²) in [5.41, 5.74) is 1.18. The van der Waals surface area contributed by atoms with Crippen LogP contribution in [0.15, 0.2) is 24.3 Å². The van der Waals surface area contributed by atoms with Crippen LogP contribution in [0.5, 0.6) is 0 Å². The first-order valence-electron chi connectivity index (χ1n) is 8.93. The van der Waals surface area contributed by atoms with E-state index in [1.54, 1.807) is 18.2 Å². The van der Waals surface area contributed by atoms with Gasteiger partial charge in [-0.3, -0.25) is 14.4 Å². The number of para-hydroxylation sites is 2. The van der Waals surface area contributed by atoms with Gasteiger partial charge >= 0.3 is 6.55 Å². The number of hydrogen-bond donors (Lipinski definition) is 0. The Morgan fingerprint density at radius 2 is 1.88 bits per heavy atom. The molecule has 0 spiro atoms. The zero-order valence-electron chi connectivity index (χ0n) is 13.9. The Hall–Kier alpha value is -1.53. The average Bonchev–Trinajstić information content (AvgIpc) is 3.22. The molecule has 4 nitrogen and oxygen atoms in total. The van der Waals surface area contributed by atoms with E-state index in [0.29, 0.717) is 29.4 Å². The summed E-state index contributed by atoms with van der Waals surface area (Å²) >= 11 is 0. The van der Waals surface area contributed by atoms with E-state index in [1.807, 2.05) is 6.07 Å². The van der Waals surface area contributed by atoms with E-state index in [0.717, 1.165) is 24.1 Å². The van der Waals surface area contributed by atoms with Gasteiger partial charge in [-0.05, 0) is 57.5 Å². The molecule has 1 unspecified atom stereocenters. The molecule has 1 aromatic heterocycles. The second-order valence-electron chi connectivity index (χ2n) is 6.94. The van der Waals surface area contributed by atoms with Crippen LogP contribution < -0.4 is 0 Å². The summed E-state index contributed by atoms with van der Waals surface area (Å²) < 4.78 is 28.2. The van der Waals surface area contributed by atoms with Crippen LogP contribution in [-0.2, 0) is 6.54 Å². The van der Waals surface area contributed by atoms with Crippen LogP contribution in [-0.4, -0.2) is 51.6 Å². The number of halogens is 2. The van der Waals surface area contributed by atoms with Crippen molar-refractivity contribution in [2.75, 3.05) is 26.2 Å². The topological polar surface area (TPSA) is 24.3 Å². The van der Waals surface area contributed by atoms with Crippen molar-refractivity contribution in [2.45, 2.75) is 44.8 Å². The molecule has 6 heteroatoms. The van der Waals surface area contributed by atoms with Crippen molar-refractivity contribution >= 4 is 11.0 Å². The Labute approximate surface area is 141 Å². The minimum absolute atomic E-state index is 0.480. The fraction of sp³-hybridized carbons (Fsp3) is 0.611. The number of benzene rings is 1. The quantitative estimate of drug-likeness (QED) is 0.855. The van der Waals surface area contributed by atoms with Crippen LogP contribution in [0.4, 0.5) is 8.78 Å². The minimum Gasteiger partial charge on any atom is -0.299 e. The number of aromatic nitrogens is 2. The van der Waals surface area contributed by atoms with Crippen molar-refractivity contribution in [1.29, 1.82) is 0 Å². The van der Waals surface area contributed by atoms with Gasteiger partial charge in [0.15, 0.2) is 0 Å². The summed E-state index contributed by atoms with van der Waals surface area (Å²) in [6.07, 6.45) is 4.94. The van der Waals surface area contributed by atoms with Crippen molar-refractivity contribution in [3.63, 3.8) is 0 Å². The number of likely N-dealkylation sites (tertiary alicyclic amines) is 2. The third kappa shape index (κ3) is 3.05. The summed E-state index contributed by atoms with van der Waals surface area (Å²) in [5, 5.41) is 0. The summed E-state index contributed by atoms with van der Waals surface area (Å²) in [6.45, 7) is 2.26. The van der Waals surface area contributed by atoms with Gasteiger partial charge in [-0.1, -0.05) is 12.1 Å². The summed E-state index contributed by atoms with van der Waals surface area (Å²) in [5.74, 6) is 0.480. The van der Waals surface area contributed by atoms with Gasteiger partial charge in [-0.25, -0.2) is 4.98 Å². The fourth-order valence-electron chi connectivity index (χ4n) is 4.20. The molecule has 2 aliphatic rings. The third-order valence-corrected chi connectivity index (χ3v) is 5.37.